The molecule has 0 fully saturated rings. The number of aromatic nitrogens is 2. The first-order chi connectivity index (χ1) is 7.58. The van der Waals surface area contributed by atoms with Crippen molar-refractivity contribution in [2.75, 3.05) is 0 Å². The van der Waals surface area contributed by atoms with E-state index in [1.54, 1.807) is 17.8 Å². The summed E-state index contributed by atoms with van der Waals surface area (Å²) >= 11 is 3.37. The van der Waals surface area contributed by atoms with Crippen molar-refractivity contribution in [2.45, 2.75) is 0 Å². The lowest BCUT2D eigenvalue weighted by Gasteiger charge is -2.01. The number of hydrogen-bond acceptors (Lipinski definition) is 2. The first-order valence-electron chi connectivity index (χ1n) is 4.61. The molecule has 2 rings (SSSR count). The van der Waals surface area contributed by atoms with E-state index in [0.29, 0.717) is 0 Å². The number of aromatic carboxylic acids is 1. The summed E-state index contributed by atoms with van der Waals surface area (Å²) in [6, 6.07) is 9.20. The minimum atomic E-state index is -1.02. The van der Waals surface area contributed by atoms with Crippen molar-refractivity contribution in [1.82, 2.24) is 9.78 Å². The van der Waals surface area contributed by atoms with Gasteiger partial charge in [0, 0.05) is 17.1 Å². The minimum Gasteiger partial charge on any atom is -0.476 e. The fourth-order valence-electron chi connectivity index (χ4n) is 1.49. The van der Waals surface area contributed by atoms with Crippen LogP contribution in [-0.2, 0) is 7.05 Å². The van der Waals surface area contributed by atoms with Gasteiger partial charge in [-0.2, -0.15) is 5.10 Å². The third kappa shape index (κ3) is 1.99. The number of carbonyl (C=O) groups is 1. The molecule has 1 N–H and O–H groups in total. The number of benzene rings is 1. The fourth-order valence-corrected chi connectivity index (χ4v) is 1.89. The van der Waals surface area contributed by atoms with Crippen molar-refractivity contribution in [3.05, 3.63) is 40.5 Å². The van der Waals surface area contributed by atoms with Gasteiger partial charge in [-0.15, -0.1) is 0 Å². The lowest BCUT2D eigenvalue weighted by molar-refractivity contribution is 0.0689. The zero-order valence-electron chi connectivity index (χ0n) is 8.51. The summed E-state index contributed by atoms with van der Waals surface area (Å²) in [5, 5.41) is 12.8. The van der Waals surface area contributed by atoms with Crippen molar-refractivity contribution in [3.63, 3.8) is 0 Å². The van der Waals surface area contributed by atoms with Gasteiger partial charge in [-0.25, -0.2) is 4.79 Å². The minimum absolute atomic E-state index is 0.0532. The van der Waals surface area contributed by atoms with Crippen LogP contribution in [0.15, 0.2) is 34.8 Å². The Hall–Kier alpha value is -1.62. The molecule has 0 aliphatic heterocycles. The van der Waals surface area contributed by atoms with E-state index >= 15 is 0 Å². The van der Waals surface area contributed by atoms with Crippen LogP contribution < -0.4 is 0 Å². The molecule has 0 aliphatic carbocycles. The van der Waals surface area contributed by atoms with Gasteiger partial charge >= 0.3 is 5.97 Å². The predicted molar refractivity (Wildman–Crippen MR) is 63.3 cm³/mol. The summed E-state index contributed by atoms with van der Waals surface area (Å²) in [5.41, 5.74) is 1.76. The number of rotatable bonds is 2. The Morgan fingerprint density at radius 1 is 1.44 bits per heavy atom. The second-order valence-corrected chi connectivity index (χ2v) is 4.27. The maximum absolute atomic E-state index is 10.8. The van der Waals surface area contributed by atoms with E-state index in [4.69, 9.17) is 5.11 Å². The van der Waals surface area contributed by atoms with Gasteiger partial charge in [0.1, 0.15) is 0 Å². The van der Waals surface area contributed by atoms with Gasteiger partial charge in [-0.1, -0.05) is 28.1 Å². The number of carboxylic acid groups (broad SMARTS) is 1. The zero-order valence-corrected chi connectivity index (χ0v) is 10.1. The number of nitrogens with zero attached hydrogens (tertiary/aromatic N) is 2. The summed E-state index contributed by atoms with van der Waals surface area (Å²) < 4.78 is 2.51. The van der Waals surface area contributed by atoms with E-state index < -0.39 is 5.97 Å². The molecule has 82 valence electrons. The van der Waals surface area contributed by atoms with Crippen LogP contribution in [0, 0.1) is 0 Å². The van der Waals surface area contributed by atoms with Gasteiger partial charge in [0.05, 0.1) is 5.69 Å². The van der Waals surface area contributed by atoms with Crippen molar-refractivity contribution in [3.8, 4) is 11.3 Å². The Balaban J connectivity index is 2.52. The third-order valence-electron chi connectivity index (χ3n) is 2.22. The number of hydrogen-bond donors (Lipinski definition) is 1. The SMILES string of the molecule is Cn1nc(C(=O)O)cc1-c1cccc(Br)c1. The summed E-state index contributed by atoms with van der Waals surface area (Å²) in [6.45, 7) is 0. The molecule has 4 nitrogen and oxygen atoms in total. The van der Waals surface area contributed by atoms with Crippen LogP contribution in [0.25, 0.3) is 11.3 Å². The fraction of sp³-hybridized carbons (Fsp3) is 0.0909. The predicted octanol–water partition coefficient (Wildman–Crippen LogP) is 2.55. The van der Waals surface area contributed by atoms with E-state index in [9.17, 15) is 4.79 Å². The molecule has 0 saturated heterocycles. The largest absolute Gasteiger partial charge is 0.476 e. The molecule has 1 aromatic heterocycles. The third-order valence-corrected chi connectivity index (χ3v) is 2.71. The quantitative estimate of drug-likeness (QED) is 0.920. The molecule has 1 aromatic carbocycles. The van der Waals surface area contributed by atoms with Crippen molar-refractivity contribution >= 4 is 21.9 Å². The average Bonchev–Trinajstić information content (AvgIpc) is 2.60. The Morgan fingerprint density at radius 2 is 2.19 bits per heavy atom. The molecule has 16 heavy (non-hydrogen) atoms. The maximum Gasteiger partial charge on any atom is 0.356 e. The van der Waals surface area contributed by atoms with Crippen LogP contribution in [-0.4, -0.2) is 20.9 Å². The van der Waals surface area contributed by atoms with Gasteiger partial charge < -0.3 is 5.11 Å². The lowest BCUT2D eigenvalue weighted by Crippen LogP contribution is -1.99. The highest BCUT2D eigenvalue weighted by molar-refractivity contribution is 9.10. The summed E-state index contributed by atoms with van der Waals surface area (Å²) in [5.74, 6) is -1.02. The zero-order chi connectivity index (χ0) is 11.7. The Morgan fingerprint density at radius 3 is 2.75 bits per heavy atom. The van der Waals surface area contributed by atoms with Gasteiger partial charge in [0.2, 0.25) is 0 Å². The number of carboxylic acids is 1. The first-order valence-corrected chi connectivity index (χ1v) is 5.40. The van der Waals surface area contributed by atoms with Gasteiger partial charge in [-0.3, -0.25) is 4.68 Å². The van der Waals surface area contributed by atoms with Crippen LogP contribution in [0.1, 0.15) is 10.5 Å². The first kappa shape index (κ1) is 10.9. The molecular formula is C11H9BrN2O2. The van der Waals surface area contributed by atoms with Crippen molar-refractivity contribution < 1.29 is 9.90 Å². The topological polar surface area (TPSA) is 55.1 Å². The maximum atomic E-state index is 10.8. The highest BCUT2D eigenvalue weighted by Crippen LogP contribution is 2.23. The van der Waals surface area contributed by atoms with Crippen LogP contribution >= 0.6 is 15.9 Å². The molecule has 0 unspecified atom stereocenters. The van der Waals surface area contributed by atoms with E-state index in [1.165, 1.54) is 0 Å². The number of aryl methyl sites for hydroxylation is 1. The van der Waals surface area contributed by atoms with E-state index in [2.05, 4.69) is 21.0 Å². The Kier molecular flexibility index (Phi) is 2.78. The molecule has 1 heterocycles. The summed E-state index contributed by atoms with van der Waals surface area (Å²) in [7, 11) is 1.72. The van der Waals surface area contributed by atoms with E-state index in [-0.39, 0.29) is 5.69 Å². The molecule has 0 bridgehead atoms. The second kappa shape index (κ2) is 4.09. The van der Waals surface area contributed by atoms with Crippen LogP contribution in [0.5, 0.6) is 0 Å². The molecule has 0 spiro atoms. The summed E-state index contributed by atoms with van der Waals surface area (Å²) in [6.07, 6.45) is 0. The Labute approximate surface area is 101 Å². The highest BCUT2D eigenvalue weighted by atomic mass is 79.9. The van der Waals surface area contributed by atoms with E-state index in [1.807, 2.05) is 24.3 Å². The standard InChI is InChI=1S/C11H9BrN2O2/c1-14-10(6-9(13-14)11(15)16)7-3-2-4-8(12)5-7/h2-6H,1H3,(H,15,16). The lowest BCUT2D eigenvalue weighted by atomic mass is 10.1. The van der Waals surface area contributed by atoms with Crippen LogP contribution in [0.3, 0.4) is 0 Å². The molecular weight excluding hydrogens is 272 g/mol. The number of halogens is 1. The normalized spacial score (nSPS) is 10.4. The average molecular weight is 281 g/mol. The summed E-state index contributed by atoms with van der Waals surface area (Å²) in [4.78, 5) is 10.8. The molecule has 5 heteroatoms. The van der Waals surface area contributed by atoms with Crippen LogP contribution in [0.2, 0.25) is 0 Å². The van der Waals surface area contributed by atoms with Crippen molar-refractivity contribution in [2.24, 2.45) is 7.05 Å². The van der Waals surface area contributed by atoms with Crippen LogP contribution in [0.4, 0.5) is 0 Å². The second-order valence-electron chi connectivity index (χ2n) is 3.35. The molecule has 0 aliphatic rings. The van der Waals surface area contributed by atoms with Gasteiger partial charge in [-0.05, 0) is 18.2 Å². The Bertz CT molecular complexity index is 549. The molecule has 0 saturated carbocycles. The molecule has 0 atom stereocenters. The highest BCUT2D eigenvalue weighted by Gasteiger charge is 2.12. The van der Waals surface area contributed by atoms with Gasteiger partial charge in [0.25, 0.3) is 0 Å². The monoisotopic (exact) mass is 280 g/mol. The molecule has 0 amide bonds. The van der Waals surface area contributed by atoms with E-state index in [0.717, 1.165) is 15.7 Å². The molecule has 2 aromatic rings. The smallest absolute Gasteiger partial charge is 0.356 e. The molecule has 0 radical (unpaired) electrons. The van der Waals surface area contributed by atoms with Crippen molar-refractivity contribution in [1.29, 1.82) is 0 Å². The van der Waals surface area contributed by atoms with Gasteiger partial charge in [0.15, 0.2) is 5.69 Å².